The van der Waals surface area contributed by atoms with Crippen molar-refractivity contribution in [3.05, 3.63) is 35.3 Å². The maximum atomic E-state index is 10.8. The number of nitrogen functional groups attached to an aromatic ring is 1. The average molecular weight is 261 g/mol. The van der Waals surface area contributed by atoms with Crippen LogP contribution in [-0.2, 0) is 13.6 Å². The van der Waals surface area contributed by atoms with Crippen molar-refractivity contribution in [2.24, 2.45) is 7.05 Å². The monoisotopic (exact) mass is 261 g/mol. The van der Waals surface area contributed by atoms with E-state index in [1.165, 1.54) is 12.3 Å². The number of aromatic nitrogens is 3. The first-order chi connectivity index (χ1) is 8.99. The van der Waals surface area contributed by atoms with Gasteiger partial charge in [0, 0.05) is 31.0 Å². The molecule has 0 unspecified atom stereocenters. The van der Waals surface area contributed by atoms with Gasteiger partial charge in [-0.25, -0.2) is 9.78 Å². The van der Waals surface area contributed by atoms with Gasteiger partial charge in [0.2, 0.25) is 0 Å². The van der Waals surface area contributed by atoms with E-state index in [9.17, 15) is 4.79 Å². The standard InChI is InChI=1S/C12H15N5O2/c1-7-9(6-16-17(7)2)5-15-11-10(13)3-8(4-14-11)12(18)19/h3-4,6H,5,13H2,1-2H3,(H,14,15)(H,18,19). The summed E-state index contributed by atoms with van der Waals surface area (Å²) in [6.45, 7) is 2.50. The van der Waals surface area contributed by atoms with Crippen LogP contribution in [0.3, 0.4) is 0 Å². The van der Waals surface area contributed by atoms with Crippen LogP contribution in [0.1, 0.15) is 21.6 Å². The van der Waals surface area contributed by atoms with Crippen molar-refractivity contribution in [1.29, 1.82) is 0 Å². The Morgan fingerprint density at radius 3 is 2.79 bits per heavy atom. The first-order valence-electron chi connectivity index (χ1n) is 5.69. The molecule has 2 aromatic rings. The third kappa shape index (κ3) is 2.65. The molecule has 0 aromatic carbocycles. The number of anilines is 2. The summed E-state index contributed by atoms with van der Waals surface area (Å²) in [7, 11) is 1.87. The molecule has 0 bridgehead atoms. The van der Waals surface area contributed by atoms with Gasteiger partial charge in [0.15, 0.2) is 0 Å². The fourth-order valence-electron chi connectivity index (χ4n) is 1.64. The minimum atomic E-state index is -1.05. The Hall–Kier alpha value is -2.57. The van der Waals surface area contributed by atoms with Crippen LogP contribution in [0.2, 0.25) is 0 Å². The van der Waals surface area contributed by atoms with E-state index in [1.807, 2.05) is 14.0 Å². The number of carboxylic acid groups (broad SMARTS) is 1. The van der Waals surface area contributed by atoms with Crippen LogP contribution in [0.4, 0.5) is 11.5 Å². The molecule has 2 heterocycles. The second-order valence-corrected chi connectivity index (χ2v) is 4.20. The van der Waals surface area contributed by atoms with Crippen LogP contribution in [0.5, 0.6) is 0 Å². The first kappa shape index (κ1) is 12.9. The Morgan fingerprint density at radius 2 is 2.26 bits per heavy atom. The van der Waals surface area contributed by atoms with Gasteiger partial charge >= 0.3 is 5.97 Å². The molecule has 19 heavy (non-hydrogen) atoms. The Labute approximate surface area is 110 Å². The van der Waals surface area contributed by atoms with Crippen LogP contribution in [-0.4, -0.2) is 25.8 Å². The van der Waals surface area contributed by atoms with E-state index < -0.39 is 5.97 Å². The molecule has 0 aliphatic heterocycles. The predicted molar refractivity (Wildman–Crippen MR) is 70.9 cm³/mol. The summed E-state index contributed by atoms with van der Waals surface area (Å²) in [5.41, 5.74) is 8.22. The minimum absolute atomic E-state index is 0.0700. The summed E-state index contributed by atoms with van der Waals surface area (Å²) in [6, 6.07) is 1.38. The van der Waals surface area contributed by atoms with Crippen molar-refractivity contribution in [2.45, 2.75) is 13.5 Å². The van der Waals surface area contributed by atoms with Gasteiger partial charge < -0.3 is 16.2 Å². The lowest BCUT2D eigenvalue weighted by Crippen LogP contribution is -2.07. The van der Waals surface area contributed by atoms with E-state index in [0.29, 0.717) is 18.1 Å². The quantitative estimate of drug-likeness (QED) is 0.758. The Bertz CT molecular complexity index is 621. The number of nitrogens with zero attached hydrogens (tertiary/aromatic N) is 3. The van der Waals surface area contributed by atoms with Crippen LogP contribution in [0.15, 0.2) is 18.5 Å². The molecule has 0 amide bonds. The number of aryl methyl sites for hydroxylation is 1. The molecule has 0 radical (unpaired) electrons. The summed E-state index contributed by atoms with van der Waals surface area (Å²) in [4.78, 5) is 14.8. The maximum Gasteiger partial charge on any atom is 0.337 e. The van der Waals surface area contributed by atoms with E-state index in [2.05, 4.69) is 15.4 Å². The summed E-state index contributed by atoms with van der Waals surface area (Å²) < 4.78 is 1.78. The number of nitrogens with two attached hydrogens (primary N) is 1. The van der Waals surface area contributed by atoms with Crippen LogP contribution in [0, 0.1) is 6.92 Å². The van der Waals surface area contributed by atoms with Crippen molar-refractivity contribution < 1.29 is 9.90 Å². The number of pyridine rings is 1. The zero-order valence-electron chi connectivity index (χ0n) is 10.7. The summed E-state index contributed by atoms with van der Waals surface area (Å²) >= 11 is 0. The van der Waals surface area contributed by atoms with Gasteiger partial charge in [-0.15, -0.1) is 0 Å². The van der Waals surface area contributed by atoms with Crippen molar-refractivity contribution in [3.8, 4) is 0 Å². The Balaban J connectivity index is 2.12. The number of nitrogens with one attached hydrogen (secondary N) is 1. The number of rotatable bonds is 4. The van der Waals surface area contributed by atoms with Gasteiger partial charge in [-0.2, -0.15) is 5.10 Å². The van der Waals surface area contributed by atoms with Crippen molar-refractivity contribution in [2.75, 3.05) is 11.1 Å². The molecule has 2 aromatic heterocycles. The van der Waals surface area contributed by atoms with Crippen LogP contribution >= 0.6 is 0 Å². The van der Waals surface area contributed by atoms with Gasteiger partial charge in [-0.1, -0.05) is 0 Å². The van der Waals surface area contributed by atoms with E-state index >= 15 is 0 Å². The number of hydrogen-bond donors (Lipinski definition) is 3. The van der Waals surface area contributed by atoms with Gasteiger partial charge in [-0.3, -0.25) is 4.68 Å². The molecule has 7 heteroatoms. The van der Waals surface area contributed by atoms with Crippen LogP contribution in [0.25, 0.3) is 0 Å². The van der Waals surface area contributed by atoms with Crippen molar-refractivity contribution in [3.63, 3.8) is 0 Å². The van der Waals surface area contributed by atoms with E-state index in [1.54, 1.807) is 10.9 Å². The van der Waals surface area contributed by atoms with Crippen molar-refractivity contribution in [1.82, 2.24) is 14.8 Å². The molecule has 2 rings (SSSR count). The smallest absolute Gasteiger partial charge is 0.337 e. The highest BCUT2D eigenvalue weighted by atomic mass is 16.4. The maximum absolute atomic E-state index is 10.8. The van der Waals surface area contributed by atoms with Gasteiger partial charge in [0.05, 0.1) is 17.4 Å². The Kier molecular flexibility index (Phi) is 3.37. The molecule has 0 fully saturated rings. The fraction of sp³-hybridized carbons (Fsp3) is 0.250. The number of carboxylic acids is 1. The molecular weight excluding hydrogens is 246 g/mol. The zero-order valence-corrected chi connectivity index (χ0v) is 10.7. The molecule has 0 saturated heterocycles. The molecule has 0 aliphatic rings. The second-order valence-electron chi connectivity index (χ2n) is 4.20. The molecule has 7 nitrogen and oxygen atoms in total. The lowest BCUT2D eigenvalue weighted by atomic mass is 10.2. The largest absolute Gasteiger partial charge is 0.478 e. The lowest BCUT2D eigenvalue weighted by molar-refractivity contribution is 0.0696. The molecule has 4 N–H and O–H groups in total. The topological polar surface area (TPSA) is 106 Å². The number of carbonyl (C=O) groups is 1. The SMILES string of the molecule is Cc1c(CNc2ncc(C(=O)O)cc2N)cnn1C. The van der Waals surface area contributed by atoms with E-state index in [-0.39, 0.29) is 5.56 Å². The Morgan fingerprint density at radius 1 is 1.53 bits per heavy atom. The number of hydrogen-bond acceptors (Lipinski definition) is 5. The molecule has 0 saturated carbocycles. The zero-order chi connectivity index (χ0) is 14.0. The first-order valence-corrected chi connectivity index (χ1v) is 5.69. The van der Waals surface area contributed by atoms with Crippen LogP contribution < -0.4 is 11.1 Å². The number of aromatic carboxylic acids is 1. The highest BCUT2D eigenvalue weighted by molar-refractivity contribution is 5.89. The third-order valence-electron chi connectivity index (χ3n) is 2.95. The van der Waals surface area contributed by atoms with Gasteiger partial charge in [0.1, 0.15) is 5.82 Å². The predicted octanol–water partition coefficient (Wildman–Crippen LogP) is 1.02. The minimum Gasteiger partial charge on any atom is -0.478 e. The molecular formula is C12H15N5O2. The van der Waals surface area contributed by atoms with E-state index in [4.69, 9.17) is 10.8 Å². The molecule has 100 valence electrons. The van der Waals surface area contributed by atoms with Gasteiger partial charge in [0.25, 0.3) is 0 Å². The normalized spacial score (nSPS) is 10.4. The fourth-order valence-corrected chi connectivity index (χ4v) is 1.64. The second kappa shape index (κ2) is 4.97. The third-order valence-corrected chi connectivity index (χ3v) is 2.95. The van der Waals surface area contributed by atoms with E-state index in [0.717, 1.165) is 11.3 Å². The lowest BCUT2D eigenvalue weighted by Gasteiger charge is -2.08. The highest BCUT2D eigenvalue weighted by Gasteiger charge is 2.09. The summed E-state index contributed by atoms with van der Waals surface area (Å²) in [5, 5.41) is 16.0. The molecule has 0 atom stereocenters. The average Bonchev–Trinajstić information content (AvgIpc) is 2.68. The highest BCUT2D eigenvalue weighted by Crippen LogP contribution is 2.18. The summed E-state index contributed by atoms with van der Waals surface area (Å²) in [5.74, 6) is -0.581. The van der Waals surface area contributed by atoms with Gasteiger partial charge in [-0.05, 0) is 13.0 Å². The molecule has 0 spiro atoms. The molecule has 0 aliphatic carbocycles. The van der Waals surface area contributed by atoms with Crippen molar-refractivity contribution >= 4 is 17.5 Å². The summed E-state index contributed by atoms with van der Waals surface area (Å²) in [6.07, 6.45) is 3.04.